The Morgan fingerprint density at radius 1 is 0.919 bits per heavy atom. The van der Waals surface area contributed by atoms with E-state index in [1.807, 2.05) is 24.3 Å². The van der Waals surface area contributed by atoms with Crippen LogP contribution in [0.4, 0.5) is 0 Å². The predicted octanol–water partition coefficient (Wildman–Crippen LogP) is 3.14. The number of amides is 4. The standard InChI is InChI=1S/C45H56N8O9/c1-25-33(23-48-40(50-25)28-10-12-30(13-11-28)45(3,4)5)42(57)49-24-37(54)53(6)38-29-21-32(39(55)36(22-29)62-18-8-16-47)31-19-27(9-14-35(31)61-17-7-15-46)20-34(44(59)60)52-41(56)26(2)51-43(38)58/h9-14,19,21-23,26,34,38,55H,7-8,15-18,20,24,46-47H2,1-6H3,(H,49,57)(H,51,58)(H,52,56)(H,59,60)/t26-,34-,38-/m0/s1. The number of phenols is 1. The van der Waals surface area contributed by atoms with E-state index < -0.39 is 54.3 Å². The van der Waals surface area contributed by atoms with Crippen LogP contribution in [0.1, 0.15) is 79.3 Å². The fourth-order valence-corrected chi connectivity index (χ4v) is 6.78. The van der Waals surface area contributed by atoms with Gasteiger partial charge in [0.05, 0.1) is 31.0 Å². The number of nitrogens with zero attached hydrogens (tertiary/aromatic N) is 3. The molecule has 0 fully saturated rings. The third kappa shape index (κ3) is 11.2. The minimum atomic E-state index is -1.48. The summed E-state index contributed by atoms with van der Waals surface area (Å²) in [7, 11) is 1.35. The second kappa shape index (κ2) is 20.3. The quantitative estimate of drug-likeness (QED) is 0.0901. The van der Waals surface area contributed by atoms with Crippen LogP contribution in [0.25, 0.3) is 22.5 Å². The Kier molecular flexibility index (Phi) is 15.2. The fraction of sp³-hybridized carbons (Fsp3) is 0.400. The van der Waals surface area contributed by atoms with Gasteiger partial charge in [-0.05, 0) is 86.1 Å². The van der Waals surface area contributed by atoms with Crippen LogP contribution < -0.4 is 36.9 Å². The number of ether oxygens (including phenoxy) is 2. The normalized spacial score (nSPS) is 16.6. The van der Waals surface area contributed by atoms with Gasteiger partial charge in [0, 0.05) is 36.4 Å². The molecule has 17 heteroatoms. The summed E-state index contributed by atoms with van der Waals surface area (Å²) in [6.07, 6.45) is 2.16. The lowest BCUT2D eigenvalue weighted by atomic mass is 9.87. The minimum absolute atomic E-state index is 0.0355. The number of aryl methyl sites for hydroxylation is 1. The number of likely N-dealkylation sites (N-methyl/N-ethyl adjacent to an activating group) is 1. The highest BCUT2D eigenvalue weighted by atomic mass is 16.5. The van der Waals surface area contributed by atoms with Crippen LogP contribution in [-0.2, 0) is 31.0 Å². The number of hydrogen-bond donors (Lipinski definition) is 7. The van der Waals surface area contributed by atoms with Gasteiger partial charge in [-0.1, -0.05) is 51.1 Å². The Hall–Kier alpha value is -6.59. The Morgan fingerprint density at radius 3 is 2.19 bits per heavy atom. The number of carboxylic acids is 1. The van der Waals surface area contributed by atoms with Crippen LogP contribution in [0.5, 0.6) is 17.2 Å². The molecule has 4 bridgehead atoms. The zero-order chi connectivity index (χ0) is 45.3. The molecule has 0 spiro atoms. The highest BCUT2D eigenvalue weighted by Crippen LogP contribution is 2.44. The minimum Gasteiger partial charge on any atom is -0.504 e. The maximum absolute atomic E-state index is 14.3. The van der Waals surface area contributed by atoms with Gasteiger partial charge in [0.2, 0.25) is 17.7 Å². The smallest absolute Gasteiger partial charge is 0.326 e. The number of carbonyl (C=O) groups excluding carboxylic acids is 4. The number of nitrogens with two attached hydrogens (primary N) is 2. The zero-order valence-electron chi connectivity index (χ0n) is 35.9. The lowest BCUT2D eigenvalue weighted by Crippen LogP contribution is -2.53. The van der Waals surface area contributed by atoms with Crippen molar-refractivity contribution in [1.29, 1.82) is 0 Å². The molecule has 9 N–H and O–H groups in total. The van der Waals surface area contributed by atoms with Crippen molar-refractivity contribution in [1.82, 2.24) is 30.8 Å². The van der Waals surface area contributed by atoms with Crippen LogP contribution in [-0.4, -0.2) is 107 Å². The van der Waals surface area contributed by atoms with E-state index in [9.17, 15) is 34.2 Å². The molecule has 0 radical (unpaired) electrons. The van der Waals surface area contributed by atoms with E-state index in [-0.39, 0.29) is 59.8 Å². The topological polar surface area (TPSA) is 261 Å². The van der Waals surface area contributed by atoms with E-state index in [1.165, 1.54) is 32.3 Å². The molecular formula is C45H56N8O9. The van der Waals surface area contributed by atoms with Gasteiger partial charge in [-0.15, -0.1) is 0 Å². The predicted molar refractivity (Wildman–Crippen MR) is 231 cm³/mol. The maximum atomic E-state index is 14.3. The molecule has 0 unspecified atom stereocenters. The molecule has 4 aromatic rings. The molecule has 0 saturated carbocycles. The molecule has 5 rings (SSSR count). The first-order valence-electron chi connectivity index (χ1n) is 20.4. The van der Waals surface area contributed by atoms with Crippen molar-refractivity contribution in [3.05, 3.63) is 88.7 Å². The monoisotopic (exact) mass is 852 g/mol. The summed E-state index contributed by atoms with van der Waals surface area (Å²) in [5.74, 6) is -3.89. The molecule has 330 valence electrons. The molecule has 62 heavy (non-hydrogen) atoms. The van der Waals surface area contributed by atoms with Gasteiger partial charge < -0.3 is 52.0 Å². The highest BCUT2D eigenvalue weighted by molar-refractivity contribution is 5.98. The summed E-state index contributed by atoms with van der Waals surface area (Å²) >= 11 is 0. The van der Waals surface area contributed by atoms with E-state index in [1.54, 1.807) is 25.1 Å². The first kappa shape index (κ1) is 46.5. The van der Waals surface area contributed by atoms with Crippen molar-refractivity contribution in [2.45, 2.75) is 77.4 Å². The Morgan fingerprint density at radius 2 is 1.58 bits per heavy atom. The number of fused-ring (bicyclic) bond motifs is 5. The number of benzene rings is 3. The summed E-state index contributed by atoms with van der Waals surface area (Å²) in [5.41, 5.74) is 15.0. The number of rotatable bonds is 14. The Labute approximate surface area is 360 Å². The van der Waals surface area contributed by atoms with Gasteiger partial charge in [0.1, 0.15) is 23.9 Å². The first-order valence-corrected chi connectivity index (χ1v) is 20.4. The number of aromatic nitrogens is 2. The summed E-state index contributed by atoms with van der Waals surface area (Å²) in [6.45, 7) is 9.77. The third-order valence-electron chi connectivity index (χ3n) is 10.4. The number of nitrogens with one attached hydrogen (secondary N) is 3. The second-order valence-corrected chi connectivity index (χ2v) is 16.2. The lowest BCUT2D eigenvalue weighted by molar-refractivity contribution is -0.142. The van der Waals surface area contributed by atoms with Crippen molar-refractivity contribution >= 4 is 29.6 Å². The molecule has 3 aromatic carbocycles. The van der Waals surface area contributed by atoms with Crippen molar-refractivity contribution in [2.75, 3.05) is 39.9 Å². The molecule has 0 saturated heterocycles. The Bertz CT molecular complexity index is 2290. The summed E-state index contributed by atoms with van der Waals surface area (Å²) in [5, 5.41) is 29.5. The second-order valence-electron chi connectivity index (χ2n) is 16.2. The molecule has 2 heterocycles. The fourth-order valence-electron chi connectivity index (χ4n) is 6.78. The largest absolute Gasteiger partial charge is 0.504 e. The number of hydrogen-bond acceptors (Lipinski definition) is 12. The molecule has 1 aliphatic heterocycles. The Balaban J connectivity index is 1.52. The third-order valence-corrected chi connectivity index (χ3v) is 10.4. The van der Waals surface area contributed by atoms with Crippen LogP contribution in [0.3, 0.4) is 0 Å². The number of phenolic OH excluding ortho intramolecular Hbond substituents is 1. The van der Waals surface area contributed by atoms with Gasteiger partial charge in [0.15, 0.2) is 17.3 Å². The number of aliphatic carboxylic acids is 1. The number of carbonyl (C=O) groups is 5. The summed E-state index contributed by atoms with van der Waals surface area (Å²) in [6, 6.07) is 11.5. The summed E-state index contributed by atoms with van der Waals surface area (Å²) < 4.78 is 12.1. The van der Waals surface area contributed by atoms with Crippen molar-refractivity contribution in [3.63, 3.8) is 0 Å². The van der Waals surface area contributed by atoms with Crippen LogP contribution in [0.15, 0.2) is 60.8 Å². The van der Waals surface area contributed by atoms with E-state index >= 15 is 0 Å². The molecular weight excluding hydrogens is 797 g/mol. The van der Waals surface area contributed by atoms with Gasteiger partial charge in [-0.3, -0.25) is 19.2 Å². The molecule has 17 nitrogen and oxygen atoms in total. The van der Waals surface area contributed by atoms with E-state index in [0.29, 0.717) is 47.8 Å². The van der Waals surface area contributed by atoms with Crippen LogP contribution >= 0.6 is 0 Å². The average molecular weight is 853 g/mol. The van der Waals surface area contributed by atoms with E-state index in [2.05, 4.69) is 46.7 Å². The molecule has 1 aliphatic rings. The van der Waals surface area contributed by atoms with Crippen LogP contribution in [0.2, 0.25) is 0 Å². The molecule has 0 aliphatic carbocycles. The van der Waals surface area contributed by atoms with Crippen molar-refractivity contribution in [2.24, 2.45) is 11.5 Å². The van der Waals surface area contributed by atoms with E-state index in [4.69, 9.17) is 20.9 Å². The zero-order valence-corrected chi connectivity index (χ0v) is 35.9. The van der Waals surface area contributed by atoms with E-state index in [0.717, 1.165) is 16.0 Å². The highest BCUT2D eigenvalue weighted by Gasteiger charge is 2.34. The number of carboxylic acid groups (broad SMARTS) is 1. The van der Waals surface area contributed by atoms with Gasteiger partial charge in [0.25, 0.3) is 5.91 Å². The van der Waals surface area contributed by atoms with Crippen molar-refractivity contribution in [3.8, 4) is 39.8 Å². The van der Waals surface area contributed by atoms with Crippen molar-refractivity contribution < 1.29 is 43.7 Å². The SMILES string of the molecule is Cc1nc(-c2ccc(C(C)(C)C)cc2)ncc1C(=O)NCC(=O)N(C)[C@@H]1C(=O)N[C@@H](C)C(=O)N[C@H](C(=O)O)Cc2ccc(OCCCN)c(c2)-c2cc1cc(OCCCN)c2O. The number of aromatic hydroxyl groups is 1. The van der Waals surface area contributed by atoms with Gasteiger partial charge >= 0.3 is 5.97 Å². The first-order chi connectivity index (χ1) is 29.4. The molecule has 1 aromatic heterocycles. The van der Waals surface area contributed by atoms with Gasteiger partial charge in [-0.2, -0.15) is 0 Å². The van der Waals surface area contributed by atoms with Gasteiger partial charge in [-0.25, -0.2) is 14.8 Å². The van der Waals surface area contributed by atoms with Crippen LogP contribution in [0, 0.1) is 6.92 Å². The molecule has 3 atom stereocenters. The molecule has 4 amide bonds. The maximum Gasteiger partial charge on any atom is 0.326 e. The average Bonchev–Trinajstić information content (AvgIpc) is 3.23. The summed E-state index contributed by atoms with van der Waals surface area (Å²) in [4.78, 5) is 77.6. The lowest BCUT2D eigenvalue weighted by Gasteiger charge is -2.30.